The molecule has 0 unspecified atom stereocenters. The summed E-state index contributed by atoms with van der Waals surface area (Å²) in [5, 5.41) is 10.3. The van der Waals surface area contributed by atoms with Crippen LogP contribution in [0.4, 0.5) is 21.9 Å². The zero-order chi connectivity index (χ0) is 17.7. The lowest BCUT2D eigenvalue weighted by molar-refractivity contribution is 0.262. The van der Waals surface area contributed by atoms with Gasteiger partial charge in [0.25, 0.3) is 10.2 Å². The van der Waals surface area contributed by atoms with Crippen LogP contribution in [0.15, 0.2) is 42.5 Å². The van der Waals surface area contributed by atoms with Gasteiger partial charge in [0.05, 0.1) is 7.11 Å². The fraction of sp³-hybridized carbons (Fsp3) is 0.133. The first-order valence-corrected chi connectivity index (χ1v) is 8.45. The number of rotatable bonds is 5. The molecule has 5 N–H and O–H groups in total. The Balaban J connectivity index is 1.99. The molecule has 0 atom stereocenters. The maximum Gasteiger partial charge on any atom is 0.323 e. The first-order chi connectivity index (χ1) is 11.3. The third kappa shape index (κ3) is 5.14. The Labute approximate surface area is 140 Å². The van der Waals surface area contributed by atoms with E-state index >= 15 is 0 Å². The van der Waals surface area contributed by atoms with Gasteiger partial charge in [-0.2, -0.15) is 8.42 Å². The third-order valence-electron chi connectivity index (χ3n) is 3.08. The van der Waals surface area contributed by atoms with E-state index < -0.39 is 16.2 Å². The smallest absolute Gasteiger partial charge is 0.323 e. The largest absolute Gasteiger partial charge is 0.497 e. The van der Waals surface area contributed by atoms with E-state index in [0.717, 1.165) is 5.56 Å². The van der Waals surface area contributed by atoms with Crippen molar-refractivity contribution in [2.75, 3.05) is 22.5 Å². The molecule has 0 aliphatic carbocycles. The average molecular weight is 350 g/mol. The van der Waals surface area contributed by atoms with Gasteiger partial charge in [0.1, 0.15) is 5.75 Å². The topological polar surface area (TPSA) is 123 Å². The van der Waals surface area contributed by atoms with Crippen LogP contribution in [0.1, 0.15) is 5.56 Å². The van der Waals surface area contributed by atoms with Gasteiger partial charge >= 0.3 is 6.03 Å². The van der Waals surface area contributed by atoms with E-state index in [1.165, 1.54) is 12.1 Å². The minimum atomic E-state index is -3.82. The van der Waals surface area contributed by atoms with Crippen LogP contribution in [-0.2, 0) is 10.2 Å². The zero-order valence-electron chi connectivity index (χ0n) is 13.2. The number of methoxy groups -OCH3 is 1. The highest BCUT2D eigenvalue weighted by Gasteiger charge is 2.07. The molecule has 0 aliphatic heterocycles. The highest BCUT2D eigenvalue weighted by atomic mass is 32.2. The van der Waals surface area contributed by atoms with Gasteiger partial charge in [0.15, 0.2) is 0 Å². The van der Waals surface area contributed by atoms with Gasteiger partial charge in [0, 0.05) is 17.1 Å². The molecule has 2 amide bonds. The molecule has 0 fully saturated rings. The van der Waals surface area contributed by atoms with E-state index in [1.54, 1.807) is 31.4 Å². The monoisotopic (exact) mass is 350 g/mol. The standard InChI is InChI=1S/C15H18N4O4S/c1-10-9-13(23-2)7-8-14(10)18-15(20)17-11-3-5-12(6-4-11)19-24(16,21)22/h3-9,19H,1-2H3,(H2,16,21,22)(H2,17,18,20). The molecule has 8 nitrogen and oxygen atoms in total. The fourth-order valence-corrected chi connectivity index (χ4v) is 2.44. The molecule has 0 aromatic heterocycles. The lowest BCUT2D eigenvalue weighted by Gasteiger charge is -2.11. The highest BCUT2D eigenvalue weighted by Crippen LogP contribution is 2.21. The number of benzene rings is 2. The quantitative estimate of drug-likeness (QED) is 0.660. The zero-order valence-corrected chi connectivity index (χ0v) is 14.0. The summed E-state index contributed by atoms with van der Waals surface area (Å²) in [4.78, 5) is 12.0. The van der Waals surface area contributed by atoms with Crippen LogP contribution < -0.4 is 25.2 Å². The number of amides is 2. The Hall–Kier alpha value is -2.78. The molecule has 0 saturated carbocycles. The summed E-state index contributed by atoms with van der Waals surface area (Å²) in [6.45, 7) is 1.85. The SMILES string of the molecule is COc1ccc(NC(=O)Nc2ccc(NS(N)(=O)=O)cc2)c(C)c1. The summed E-state index contributed by atoms with van der Waals surface area (Å²) in [6, 6.07) is 10.9. The molecule has 128 valence electrons. The van der Waals surface area contributed by atoms with Crippen LogP contribution in [0, 0.1) is 6.92 Å². The molecule has 2 aromatic carbocycles. The van der Waals surface area contributed by atoms with Gasteiger partial charge in [-0.1, -0.05) is 0 Å². The van der Waals surface area contributed by atoms with Crippen LogP contribution in [0.5, 0.6) is 5.75 Å². The summed E-state index contributed by atoms with van der Waals surface area (Å²) in [6.07, 6.45) is 0. The number of nitrogens with two attached hydrogens (primary N) is 1. The Morgan fingerprint density at radius 2 is 1.67 bits per heavy atom. The van der Waals surface area contributed by atoms with Crippen LogP contribution in [0.25, 0.3) is 0 Å². The number of anilines is 3. The van der Waals surface area contributed by atoms with Gasteiger partial charge in [-0.05, 0) is 55.0 Å². The first-order valence-electron chi connectivity index (χ1n) is 6.90. The summed E-state index contributed by atoms with van der Waals surface area (Å²) in [7, 11) is -2.25. The van der Waals surface area contributed by atoms with Gasteiger partial charge in [-0.3, -0.25) is 4.72 Å². The van der Waals surface area contributed by atoms with Crippen molar-refractivity contribution in [2.24, 2.45) is 5.14 Å². The number of urea groups is 1. The summed E-state index contributed by atoms with van der Waals surface area (Å²) in [5.41, 5.74) is 2.31. The number of hydrogen-bond acceptors (Lipinski definition) is 4. The minimum absolute atomic E-state index is 0.300. The molecule has 0 saturated heterocycles. The van der Waals surface area contributed by atoms with Crippen molar-refractivity contribution in [2.45, 2.75) is 6.92 Å². The summed E-state index contributed by atoms with van der Waals surface area (Å²) in [5.74, 6) is 0.705. The Morgan fingerprint density at radius 3 is 2.21 bits per heavy atom. The van der Waals surface area contributed by atoms with Gasteiger partial charge in [0.2, 0.25) is 0 Å². The van der Waals surface area contributed by atoms with Crippen molar-refractivity contribution < 1.29 is 17.9 Å². The lowest BCUT2D eigenvalue weighted by atomic mass is 10.2. The highest BCUT2D eigenvalue weighted by molar-refractivity contribution is 7.90. The van der Waals surface area contributed by atoms with E-state index in [1.807, 2.05) is 13.0 Å². The Kier molecular flexibility index (Phi) is 5.27. The van der Waals surface area contributed by atoms with Crippen molar-refractivity contribution in [1.82, 2.24) is 0 Å². The van der Waals surface area contributed by atoms with Crippen LogP contribution in [-0.4, -0.2) is 21.6 Å². The second-order valence-corrected chi connectivity index (χ2v) is 6.28. The average Bonchev–Trinajstić information content (AvgIpc) is 2.50. The molecule has 2 rings (SSSR count). The van der Waals surface area contributed by atoms with Crippen molar-refractivity contribution in [3.63, 3.8) is 0 Å². The van der Waals surface area contributed by atoms with E-state index in [0.29, 0.717) is 22.8 Å². The molecular formula is C15H18N4O4S. The normalized spacial score (nSPS) is 10.8. The second-order valence-electron chi connectivity index (χ2n) is 4.98. The molecule has 2 aromatic rings. The van der Waals surface area contributed by atoms with Crippen LogP contribution in [0.3, 0.4) is 0 Å². The fourth-order valence-electron chi connectivity index (χ4n) is 1.97. The first kappa shape index (κ1) is 17.6. The second kappa shape index (κ2) is 7.20. The predicted molar refractivity (Wildman–Crippen MR) is 93.5 cm³/mol. The molecule has 9 heteroatoms. The van der Waals surface area contributed by atoms with E-state index in [9.17, 15) is 13.2 Å². The number of carbonyl (C=O) groups excluding carboxylic acids is 1. The number of hydrogen-bond donors (Lipinski definition) is 4. The third-order valence-corrected chi connectivity index (χ3v) is 3.60. The summed E-state index contributed by atoms with van der Waals surface area (Å²) < 4.78 is 29.1. The molecule has 0 aliphatic rings. The Bertz CT molecular complexity index is 835. The Morgan fingerprint density at radius 1 is 1.04 bits per heavy atom. The van der Waals surface area contributed by atoms with Crippen LogP contribution in [0.2, 0.25) is 0 Å². The maximum absolute atomic E-state index is 12.0. The number of ether oxygens (including phenoxy) is 1. The molecule has 24 heavy (non-hydrogen) atoms. The molecule has 0 radical (unpaired) electrons. The predicted octanol–water partition coefficient (Wildman–Crippen LogP) is 2.26. The van der Waals surface area contributed by atoms with Gasteiger partial charge in [-0.25, -0.2) is 9.93 Å². The van der Waals surface area contributed by atoms with Crippen molar-refractivity contribution in [1.29, 1.82) is 0 Å². The molecule has 0 spiro atoms. The summed E-state index contributed by atoms with van der Waals surface area (Å²) >= 11 is 0. The van der Waals surface area contributed by atoms with Crippen molar-refractivity contribution in [3.05, 3.63) is 48.0 Å². The van der Waals surface area contributed by atoms with Crippen molar-refractivity contribution in [3.8, 4) is 5.75 Å². The minimum Gasteiger partial charge on any atom is -0.497 e. The number of carbonyl (C=O) groups is 1. The lowest BCUT2D eigenvalue weighted by Crippen LogP contribution is -2.22. The molecular weight excluding hydrogens is 332 g/mol. The molecule has 0 heterocycles. The van der Waals surface area contributed by atoms with E-state index in [4.69, 9.17) is 9.88 Å². The maximum atomic E-state index is 12.0. The van der Waals surface area contributed by atoms with Gasteiger partial charge in [-0.15, -0.1) is 0 Å². The number of nitrogens with one attached hydrogen (secondary N) is 3. The van der Waals surface area contributed by atoms with Crippen LogP contribution >= 0.6 is 0 Å². The van der Waals surface area contributed by atoms with E-state index in [2.05, 4.69) is 15.4 Å². The van der Waals surface area contributed by atoms with E-state index in [-0.39, 0.29) is 0 Å². The van der Waals surface area contributed by atoms with Crippen molar-refractivity contribution >= 4 is 33.3 Å². The molecule has 0 bridgehead atoms. The number of aryl methyl sites for hydroxylation is 1. The van der Waals surface area contributed by atoms with Gasteiger partial charge < -0.3 is 15.4 Å².